The number of anilines is 1. The van der Waals surface area contributed by atoms with Crippen LogP contribution in [0, 0.1) is 5.82 Å². The summed E-state index contributed by atoms with van der Waals surface area (Å²) in [5, 5.41) is 7.24. The Bertz CT molecular complexity index is 1000. The Hall–Kier alpha value is -2.87. The van der Waals surface area contributed by atoms with Gasteiger partial charge in [-0.05, 0) is 23.8 Å². The Kier molecular flexibility index (Phi) is 4.58. The molecule has 1 aromatic heterocycles. The zero-order chi connectivity index (χ0) is 20.0. The average Bonchev–Trinajstić information content (AvgIpc) is 2.95. The SMILES string of the molecule is C=C1CN(C)C(=O)c2c3c(nn2C1)CCN(C(=O)Nc1ccc(F)c(Cl)c1)C3. The van der Waals surface area contributed by atoms with E-state index in [1.54, 1.807) is 21.5 Å². The highest BCUT2D eigenvalue weighted by Crippen LogP contribution is 2.27. The van der Waals surface area contributed by atoms with Crippen molar-refractivity contribution >= 4 is 29.2 Å². The molecule has 28 heavy (non-hydrogen) atoms. The Morgan fingerprint density at radius 3 is 2.86 bits per heavy atom. The molecule has 0 saturated carbocycles. The van der Waals surface area contributed by atoms with E-state index >= 15 is 0 Å². The molecule has 0 bridgehead atoms. The van der Waals surface area contributed by atoms with Crippen LogP contribution in [0.3, 0.4) is 0 Å². The van der Waals surface area contributed by atoms with Crippen molar-refractivity contribution in [3.8, 4) is 0 Å². The molecule has 3 amide bonds. The molecule has 0 fully saturated rings. The molecule has 1 N–H and O–H groups in total. The summed E-state index contributed by atoms with van der Waals surface area (Å²) >= 11 is 5.77. The second-order valence-corrected chi connectivity index (χ2v) is 7.48. The molecule has 0 spiro atoms. The molecule has 2 aliphatic heterocycles. The number of urea groups is 1. The molecular weight excluding hydrogens is 385 g/mol. The maximum atomic E-state index is 13.3. The first kappa shape index (κ1) is 18.5. The Morgan fingerprint density at radius 2 is 2.11 bits per heavy atom. The van der Waals surface area contributed by atoms with Gasteiger partial charge in [0, 0.05) is 37.8 Å². The van der Waals surface area contributed by atoms with Crippen LogP contribution in [0.1, 0.15) is 21.7 Å². The highest BCUT2D eigenvalue weighted by Gasteiger charge is 2.33. The fraction of sp³-hybridized carbons (Fsp3) is 0.316. The van der Waals surface area contributed by atoms with Crippen molar-refractivity contribution < 1.29 is 14.0 Å². The van der Waals surface area contributed by atoms with Gasteiger partial charge in [0.15, 0.2) is 0 Å². The van der Waals surface area contributed by atoms with Crippen molar-refractivity contribution in [3.05, 3.63) is 58.1 Å². The minimum Gasteiger partial charge on any atom is -0.336 e. The van der Waals surface area contributed by atoms with Crippen LogP contribution in [-0.2, 0) is 19.5 Å². The number of nitrogens with one attached hydrogen (secondary N) is 1. The molecule has 0 atom stereocenters. The van der Waals surface area contributed by atoms with Gasteiger partial charge in [-0.3, -0.25) is 9.48 Å². The summed E-state index contributed by atoms with van der Waals surface area (Å²) in [6, 6.07) is 3.67. The second-order valence-electron chi connectivity index (χ2n) is 7.07. The number of halogens is 2. The summed E-state index contributed by atoms with van der Waals surface area (Å²) in [6.45, 7) is 5.71. The van der Waals surface area contributed by atoms with Gasteiger partial charge in [-0.25, -0.2) is 9.18 Å². The normalized spacial score (nSPS) is 16.5. The van der Waals surface area contributed by atoms with Crippen LogP contribution in [-0.4, -0.2) is 51.7 Å². The zero-order valence-electron chi connectivity index (χ0n) is 15.3. The van der Waals surface area contributed by atoms with Crippen molar-refractivity contribution in [2.75, 3.05) is 25.5 Å². The van der Waals surface area contributed by atoms with Crippen LogP contribution >= 0.6 is 11.6 Å². The van der Waals surface area contributed by atoms with Gasteiger partial charge in [-0.1, -0.05) is 18.2 Å². The first-order chi connectivity index (χ1) is 13.3. The number of rotatable bonds is 1. The fourth-order valence-corrected chi connectivity index (χ4v) is 3.76. The molecule has 7 nitrogen and oxygen atoms in total. The van der Waals surface area contributed by atoms with Gasteiger partial charge in [0.1, 0.15) is 11.5 Å². The van der Waals surface area contributed by atoms with Gasteiger partial charge in [0.25, 0.3) is 5.91 Å². The first-order valence-electron chi connectivity index (χ1n) is 8.85. The topological polar surface area (TPSA) is 70.5 Å². The Balaban J connectivity index is 1.58. The van der Waals surface area contributed by atoms with Crippen molar-refractivity contribution in [1.29, 1.82) is 0 Å². The van der Waals surface area contributed by atoms with Crippen LogP contribution in [0.4, 0.5) is 14.9 Å². The zero-order valence-corrected chi connectivity index (χ0v) is 16.1. The van der Waals surface area contributed by atoms with Crippen LogP contribution < -0.4 is 5.32 Å². The van der Waals surface area contributed by atoms with Crippen LogP contribution in [0.2, 0.25) is 5.02 Å². The predicted molar refractivity (Wildman–Crippen MR) is 103 cm³/mol. The number of hydrogen-bond acceptors (Lipinski definition) is 3. The quantitative estimate of drug-likeness (QED) is 0.744. The van der Waals surface area contributed by atoms with E-state index in [2.05, 4.69) is 17.0 Å². The number of benzene rings is 1. The smallest absolute Gasteiger partial charge is 0.322 e. The number of carbonyl (C=O) groups is 2. The highest BCUT2D eigenvalue weighted by molar-refractivity contribution is 6.31. The predicted octanol–water partition coefficient (Wildman–Crippen LogP) is 2.91. The molecular formula is C19H19ClFN5O2. The summed E-state index contributed by atoms with van der Waals surface area (Å²) < 4.78 is 15.0. The number of nitrogens with zero attached hydrogens (tertiary/aromatic N) is 4. The largest absolute Gasteiger partial charge is 0.336 e. The molecule has 2 aliphatic rings. The molecule has 4 rings (SSSR count). The molecule has 0 aliphatic carbocycles. The maximum absolute atomic E-state index is 13.3. The van der Waals surface area contributed by atoms with E-state index < -0.39 is 5.82 Å². The molecule has 0 saturated heterocycles. The Labute approximate surface area is 166 Å². The maximum Gasteiger partial charge on any atom is 0.322 e. The van der Waals surface area contributed by atoms with Gasteiger partial charge in [-0.15, -0.1) is 0 Å². The second kappa shape index (κ2) is 6.94. The lowest BCUT2D eigenvalue weighted by molar-refractivity contribution is 0.0802. The summed E-state index contributed by atoms with van der Waals surface area (Å²) in [5.74, 6) is -0.672. The van der Waals surface area contributed by atoms with Gasteiger partial charge in [-0.2, -0.15) is 5.10 Å². The number of fused-ring (bicyclic) bond motifs is 3. The van der Waals surface area contributed by atoms with E-state index in [9.17, 15) is 14.0 Å². The lowest BCUT2D eigenvalue weighted by Gasteiger charge is -2.27. The number of aromatic nitrogens is 2. The molecule has 0 unspecified atom stereocenters. The molecule has 9 heteroatoms. The van der Waals surface area contributed by atoms with E-state index in [0.717, 1.165) is 16.8 Å². The molecule has 146 valence electrons. The van der Waals surface area contributed by atoms with Gasteiger partial charge < -0.3 is 15.1 Å². The third kappa shape index (κ3) is 3.24. The van der Waals surface area contributed by atoms with E-state index in [0.29, 0.717) is 37.4 Å². The van der Waals surface area contributed by atoms with Crippen molar-refractivity contribution in [2.45, 2.75) is 19.5 Å². The van der Waals surface area contributed by atoms with Gasteiger partial charge in [0.2, 0.25) is 0 Å². The van der Waals surface area contributed by atoms with Crippen LogP contribution in [0.25, 0.3) is 0 Å². The van der Waals surface area contributed by atoms with Gasteiger partial charge in [0.05, 0.1) is 23.8 Å². The summed E-state index contributed by atoms with van der Waals surface area (Å²) in [6.07, 6.45) is 0.552. The lowest BCUT2D eigenvalue weighted by Crippen LogP contribution is -2.39. The fourth-order valence-electron chi connectivity index (χ4n) is 3.58. The average molecular weight is 404 g/mol. The summed E-state index contributed by atoms with van der Waals surface area (Å²) in [7, 11) is 1.73. The minimum absolute atomic E-state index is 0.0606. The molecule has 0 radical (unpaired) electrons. The summed E-state index contributed by atoms with van der Waals surface area (Å²) in [5.41, 5.74) is 3.42. The number of carbonyl (C=O) groups excluding carboxylic acids is 2. The van der Waals surface area contributed by atoms with E-state index in [4.69, 9.17) is 11.6 Å². The third-order valence-electron chi connectivity index (χ3n) is 4.94. The molecule has 1 aromatic carbocycles. The summed E-state index contributed by atoms with van der Waals surface area (Å²) in [4.78, 5) is 28.7. The third-order valence-corrected chi connectivity index (χ3v) is 5.23. The number of amides is 3. The van der Waals surface area contributed by atoms with Crippen molar-refractivity contribution in [2.24, 2.45) is 0 Å². The van der Waals surface area contributed by atoms with E-state index in [1.165, 1.54) is 18.2 Å². The molecule has 3 heterocycles. The lowest BCUT2D eigenvalue weighted by atomic mass is 10.0. The highest BCUT2D eigenvalue weighted by atomic mass is 35.5. The van der Waals surface area contributed by atoms with Crippen molar-refractivity contribution in [3.63, 3.8) is 0 Å². The minimum atomic E-state index is -0.547. The van der Waals surface area contributed by atoms with E-state index in [-0.39, 0.29) is 23.5 Å². The Morgan fingerprint density at radius 1 is 1.32 bits per heavy atom. The van der Waals surface area contributed by atoms with Crippen LogP contribution in [0.5, 0.6) is 0 Å². The first-order valence-corrected chi connectivity index (χ1v) is 9.23. The van der Waals surface area contributed by atoms with Crippen LogP contribution in [0.15, 0.2) is 30.4 Å². The van der Waals surface area contributed by atoms with Crippen molar-refractivity contribution in [1.82, 2.24) is 19.6 Å². The van der Waals surface area contributed by atoms with E-state index in [1.807, 2.05) is 0 Å². The number of likely N-dealkylation sites (N-methyl/N-ethyl adjacent to an activating group) is 1. The van der Waals surface area contributed by atoms with Gasteiger partial charge >= 0.3 is 6.03 Å². The standard InChI is InChI=1S/C19H19ClFN5O2/c1-11-8-24(2)18(27)17-13-10-25(6-5-16(13)23-26(17)9-11)19(28)22-12-3-4-15(21)14(20)7-12/h3-4,7H,1,5-6,8-10H2,2H3,(H,22,28). The molecule has 2 aromatic rings. The monoisotopic (exact) mass is 403 g/mol. The number of hydrogen-bond donors (Lipinski definition) is 1.